The fourth-order valence-corrected chi connectivity index (χ4v) is 8.36. The van der Waals surface area contributed by atoms with Crippen LogP contribution in [0, 0.1) is 13.8 Å². The van der Waals surface area contributed by atoms with Gasteiger partial charge in [0, 0.05) is 11.1 Å². The van der Waals surface area contributed by atoms with Crippen LogP contribution in [0.1, 0.15) is 63.7 Å². The number of fused-ring (bicyclic) bond motifs is 4. The Bertz CT molecular complexity index is 2900. The molecule has 0 aliphatic carbocycles. The average Bonchev–Trinajstić information content (AvgIpc) is 3.29. The van der Waals surface area contributed by atoms with Crippen LogP contribution < -0.4 is 0 Å². The van der Waals surface area contributed by atoms with Crippen LogP contribution in [0.3, 0.4) is 0 Å². The quantitative estimate of drug-likeness (QED) is 0.114. The molecule has 0 saturated heterocycles. The molecule has 0 aliphatic rings. The number of nitrogens with zero attached hydrogens (tertiary/aromatic N) is 2. The number of aryl methyl sites for hydroxylation is 2. The highest BCUT2D eigenvalue weighted by Gasteiger charge is 2.33. The Balaban J connectivity index is 1.24. The summed E-state index contributed by atoms with van der Waals surface area (Å²) in [6.07, 6.45) is 0. The van der Waals surface area contributed by atoms with Gasteiger partial charge in [-0.15, -0.1) is 0 Å². The molecule has 0 spiro atoms. The van der Waals surface area contributed by atoms with Gasteiger partial charge in [0.2, 0.25) is 0 Å². The Kier molecular flexibility index (Phi) is 10.0. The lowest BCUT2D eigenvalue weighted by atomic mass is 9.89. The van der Waals surface area contributed by atoms with Crippen LogP contribution in [0.15, 0.2) is 182 Å². The summed E-state index contributed by atoms with van der Waals surface area (Å²) in [5, 5.41) is 5.26. The zero-order valence-corrected chi connectivity index (χ0v) is 33.3. The molecule has 60 heavy (non-hydrogen) atoms. The minimum atomic E-state index is -0.494. The van der Waals surface area contributed by atoms with Crippen LogP contribution in [0.25, 0.3) is 43.1 Å². The van der Waals surface area contributed by atoms with Crippen molar-refractivity contribution in [3.8, 4) is 0 Å². The molecule has 6 nitrogen and oxygen atoms in total. The maximum Gasteiger partial charge on any atom is 0.262 e. The topological polar surface area (TPSA) is 74.8 Å². The largest absolute Gasteiger partial charge is 0.270 e. The number of carbonyl (C=O) groups excluding carboxylic acids is 4. The first-order valence-electron chi connectivity index (χ1n) is 20.0. The van der Waals surface area contributed by atoms with Gasteiger partial charge in [0.15, 0.2) is 0 Å². The standard InChI is InChI=1S/C54H40N2O4/c1-35-17-3-5-21-39(35)33-55(51(57)47-31-15-23-37-19-7-9-25-41(37)47)53(59)49-43-27-11-13-29-45(43)50(46-30-14-12-28-44(46)49)54(60)56(34-40-22-6-4-18-36(40)2)52(58)48-32-16-24-38-20-8-10-26-42(38)48/h3-32H,33-34H2,1-2H3. The minimum Gasteiger partial charge on any atom is -0.270 e. The minimum absolute atomic E-state index is 0.0284. The summed E-state index contributed by atoms with van der Waals surface area (Å²) >= 11 is 0. The molecule has 9 rings (SSSR count). The second kappa shape index (κ2) is 15.9. The molecule has 0 fully saturated rings. The molecule has 0 bridgehead atoms. The molecule has 4 amide bonds. The Labute approximate surface area is 347 Å². The summed E-state index contributed by atoms with van der Waals surface area (Å²) in [5.41, 5.74) is 4.97. The van der Waals surface area contributed by atoms with E-state index in [9.17, 15) is 9.59 Å². The van der Waals surface area contributed by atoms with E-state index in [1.807, 2.05) is 184 Å². The molecule has 6 heteroatoms. The Morgan fingerprint density at radius 3 is 1.00 bits per heavy atom. The molecular formula is C54H40N2O4. The summed E-state index contributed by atoms with van der Waals surface area (Å²) in [6.45, 7) is 3.99. The molecule has 0 aromatic heterocycles. The van der Waals surface area contributed by atoms with E-state index < -0.39 is 23.6 Å². The number of hydrogen-bond acceptors (Lipinski definition) is 4. The van der Waals surface area contributed by atoms with E-state index in [4.69, 9.17) is 0 Å². The smallest absolute Gasteiger partial charge is 0.262 e. The molecule has 0 heterocycles. The van der Waals surface area contributed by atoms with Gasteiger partial charge in [-0.3, -0.25) is 29.0 Å². The predicted octanol–water partition coefficient (Wildman–Crippen LogP) is 11.9. The lowest BCUT2D eigenvalue weighted by molar-refractivity contribution is 0.0590. The van der Waals surface area contributed by atoms with Crippen LogP contribution in [0.4, 0.5) is 0 Å². The fraction of sp³-hybridized carbons (Fsp3) is 0.0741. The summed E-state index contributed by atoms with van der Waals surface area (Å²) in [6, 6.07) is 56.4. The van der Waals surface area contributed by atoms with Crippen LogP contribution in [0.2, 0.25) is 0 Å². The molecule has 0 unspecified atom stereocenters. The van der Waals surface area contributed by atoms with E-state index in [0.29, 0.717) is 43.8 Å². The molecule has 9 aromatic rings. The van der Waals surface area contributed by atoms with Crippen molar-refractivity contribution in [2.45, 2.75) is 26.9 Å². The zero-order valence-electron chi connectivity index (χ0n) is 33.3. The molecule has 0 radical (unpaired) electrons. The van der Waals surface area contributed by atoms with Gasteiger partial charge in [-0.25, -0.2) is 0 Å². The number of rotatable bonds is 8. The Morgan fingerprint density at radius 2 is 0.633 bits per heavy atom. The Hall–Kier alpha value is -7.70. The van der Waals surface area contributed by atoms with Gasteiger partial charge in [-0.05, 0) is 91.3 Å². The molecule has 9 aromatic carbocycles. The molecule has 0 N–H and O–H groups in total. The second-order valence-corrected chi connectivity index (χ2v) is 15.1. The van der Waals surface area contributed by atoms with Crippen molar-refractivity contribution in [2.24, 2.45) is 0 Å². The van der Waals surface area contributed by atoms with Crippen molar-refractivity contribution in [2.75, 3.05) is 0 Å². The third-order valence-corrected chi connectivity index (χ3v) is 11.6. The predicted molar refractivity (Wildman–Crippen MR) is 240 cm³/mol. The lowest BCUT2D eigenvalue weighted by Crippen LogP contribution is -2.38. The second-order valence-electron chi connectivity index (χ2n) is 15.1. The maximum absolute atomic E-state index is 15.5. The molecule has 290 valence electrons. The van der Waals surface area contributed by atoms with E-state index >= 15 is 9.59 Å². The van der Waals surface area contributed by atoms with E-state index in [2.05, 4.69) is 0 Å². The van der Waals surface area contributed by atoms with Gasteiger partial charge >= 0.3 is 0 Å². The van der Waals surface area contributed by atoms with Gasteiger partial charge in [-0.1, -0.05) is 170 Å². The number of benzene rings is 9. The SMILES string of the molecule is Cc1ccccc1CN(C(=O)c1cccc2ccccc12)C(=O)c1c2ccccc2c(C(=O)N(Cc2ccccc2C)C(=O)c2cccc3ccccc23)c2ccccc12. The summed E-state index contributed by atoms with van der Waals surface area (Å²) in [7, 11) is 0. The monoisotopic (exact) mass is 780 g/mol. The van der Waals surface area contributed by atoms with Crippen LogP contribution in [-0.4, -0.2) is 33.4 Å². The summed E-state index contributed by atoms with van der Waals surface area (Å²) in [5.74, 6) is -1.85. The zero-order chi connectivity index (χ0) is 41.3. The number of hydrogen-bond donors (Lipinski definition) is 0. The first kappa shape index (κ1) is 37.9. The van der Waals surface area contributed by atoms with Crippen molar-refractivity contribution in [3.05, 3.63) is 226 Å². The molecule has 0 aliphatic heterocycles. The third kappa shape index (κ3) is 6.78. The highest BCUT2D eigenvalue weighted by molar-refractivity contribution is 6.30. The van der Waals surface area contributed by atoms with Gasteiger partial charge in [0.05, 0.1) is 24.2 Å². The van der Waals surface area contributed by atoms with Crippen LogP contribution in [-0.2, 0) is 13.1 Å². The van der Waals surface area contributed by atoms with Crippen molar-refractivity contribution in [1.82, 2.24) is 9.80 Å². The van der Waals surface area contributed by atoms with Crippen LogP contribution in [0.5, 0.6) is 0 Å². The normalized spacial score (nSPS) is 11.2. The molecule has 0 atom stereocenters. The molecule has 0 saturated carbocycles. The first-order valence-corrected chi connectivity index (χ1v) is 20.0. The number of imide groups is 2. The van der Waals surface area contributed by atoms with Crippen molar-refractivity contribution < 1.29 is 19.2 Å². The van der Waals surface area contributed by atoms with E-state index in [1.165, 1.54) is 9.80 Å². The number of carbonyl (C=O) groups is 4. The fourth-order valence-electron chi connectivity index (χ4n) is 8.36. The average molecular weight is 781 g/mol. The number of amides is 4. The maximum atomic E-state index is 15.5. The first-order chi connectivity index (χ1) is 29.3. The van der Waals surface area contributed by atoms with Crippen molar-refractivity contribution >= 4 is 66.7 Å². The third-order valence-electron chi connectivity index (χ3n) is 11.6. The van der Waals surface area contributed by atoms with Gasteiger partial charge in [0.1, 0.15) is 0 Å². The highest BCUT2D eigenvalue weighted by Crippen LogP contribution is 2.37. The van der Waals surface area contributed by atoms with Crippen molar-refractivity contribution in [3.63, 3.8) is 0 Å². The van der Waals surface area contributed by atoms with Gasteiger partial charge < -0.3 is 0 Å². The highest BCUT2D eigenvalue weighted by atomic mass is 16.2. The van der Waals surface area contributed by atoms with E-state index in [0.717, 1.165) is 43.8 Å². The van der Waals surface area contributed by atoms with Crippen LogP contribution >= 0.6 is 0 Å². The van der Waals surface area contributed by atoms with Gasteiger partial charge in [-0.2, -0.15) is 0 Å². The van der Waals surface area contributed by atoms with E-state index in [-0.39, 0.29) is 13.1 Å². The summed E-state index contributed by atoms with van der Waals surface area (Å²) in [4.78, 5) is 63.5. The lowest BCUT2D eigenvalue weighted by Gasteiger charge is -2.27. The Morgan fingerprint density at radius 1 is 0.333 bits per heavy atom. The molecular weight excluding hydrogens is 741 g/mol. The van der Waals surface area contributed by atoms with Crippen molar-refractivity contribution in [1.29, 1.82) is 0 Å². The summed E-state index contributed by atoms with van der Waals surface area (Å²) < 4.78 is 0. The van der Waals surface area contributed by atoms with E-state index in [1.54, 1.807) is 12.1 Å². The van der Waals surface area contributed by atoms with Gasteiger partial charge in [0.25, 0.3) is 23.6 Å².